The Morgan fingerprint density at radius 2 is 1.86 bits per heavy atom. The van der Waals surface area contributed by atoms with Crippen LogP contribution in [0.1, 0.15) is 0 Å². The van der Waals surface area contributed by atoms with Crippen molar-refractivity contribution in [3.05, 3.63) is 51.8 Å². The number of aromatic hydroxyl groups is 2. The number of hydrogen-bond donors (Lipinski definition) is 2. The Bertz CT molecular complexity index is 912. The summed E-state index contributed by atoms with van der Waals surface area (Å²) in [5.74, 6) is 0.0300. The van der Waals surface area contributed by atoms with Crippen LogP contribution >= 0.6 is 11.6 Å². The van der Waals surface area contributed by atoms with Crippen molar-refractivity contribution in [1.82, 2.24) is 0 Å². The van der Waals surface area contributed by atoms with E-state index < -0.39 is 5.43 Å². The summed E-state index contributed by atoms with van der Waals surface area (Å²) in [6, 6.07) is 7.34. The van der Waals surface area contributed by atoms with Crippen LogP contribution in [0.25, 0.3) is 22.1 Å². The molecule has 22 heavy (non-hydrogen) atoms. The molecule has 0 fully saturated rings. The molecular weight excluding hydrogens is 308 g/mol. The first-order valence-corrected chi connectivity index (χ1v) is 6.71. The van der Waals surface area contributed by atoms with Crippen LogP contribution in [0, 0.1) is 0 Å². The van der Waals surface area contributed by atoms with E-state index in [2.05, 4.69) is 0 Å². The molecule has 112 valence electrons. The van der Waals surface area contributed by atoms with Crippen LogP contribution in [-0.2, 0) is 0 Å². The smallest absolute Gasteiger partial charge is 0.204 e. The largest absolute Gasteiger partial charge is 0.508 e. The molecule has 6 heteroatoms. The zero-order valence-corrected chi connectivity index (χ0v) is 12.2. The minimum atomic E-state index is -0.422. The van der Waals surface area contributed by atoms with Crippen LogP contribution in [0.5, 0.6) is 17.2 Å². The van der Waals surface area contributed by atoms with Crippen LogP contribution in [-0.4, -0.2) is 17.3 Å². The monoisotopic (exact) mass is 318 g/mol. The van der Waals surface area contributed by atoms with Crippen molar-refractivity contribution in [3.8, 4) is 28.4 Å². The summed E-state index contributed by atoms with van der Waals surface area (Å²) in [4.78, 5) is 12.6. The van der Waals surface area contributed by atoms with Crippen molar-refractivity contribution in [2.45, 2.75) is 0 Å². The molecule has 2 aromatic carbocycles. The number of phenolic OH excluding ortho intramolecular Hbond substituents is 2. The molecule has 0 aliphatic rings. The highest BCUT2D eigenvalue weighted by molar-refractivity contribution is 6.36. The summed E-state index contributed by atoms with van der Waals surface area (Å²) in [6.45, 7) is 0. The van der Waals surface area contributed by atoms with Crippen LogP contribution in [0.15, 0.2) is 45.8 Å². The van der Waals surface area contributed by atoms with Gasteiger partial charge in [0.1, 0.15) is 33.9 Å². The molecule has 0 atom stereocenters. The number of halogens is 1. The molecule has 0 saturated heterocycles. The van der Waals surface area contributed by atoms with Gasteiger partial charge in [0, 0.05) is 6.07 Å². The maximum Gasteiger partial charge on any atom is 0.204 e. The van der Waals surface area contributed by atoms with E-state index in [4.69, 9.17) is 20.8 Å². The predicted molar refractivity (Wildman–Crippen MR) is 82.8 cm³/mol. The summed E-state index contributed by atoms with van der Waals surface area (Å²) in [6.07, 6.45) is 1.27. The zero-order chi connectivity index (χ0) is 15.9. The molecular formula is C16H11ClO5. The predicted octanol–water partition coefficient (Wildman–Crippen LogP) is 3.53. The van der Waals surface area contributed by atoms with Gasteiger partial charge in [-0.05, 0) is 17.7 Å². The third kappa shape index (κ3) is 2.16. The number of fused-ring (bicyclic) bond motifs is 1. The van der Waals surface area contributed by atoms with Gasteiger partial charge >= 0.3 is 0 Å². The van der Waals surface area contributed by atoms with Crippen molar-refractivity contribution in [2.24, 2.45) is 0 Å². The van der Waals surface area contributed by atoms with E-state index >= 15 is 0 Å². The first kappa shape index (κ1) is 14.3. The number of methoxy groups -OCH3 is 1. The Morgan fingerprint density at radius 1 is 1.18 bits per heavy atom. The Hall–Kier alpha value is -2.66. The maximum atomic E-state index is 12.6. The number of phenols is 2. The first-order chi connectivity index (χ1) is 10.5. The quantitative estimate of drug-likeness (QED) is 0.755. The molecule has 0 bridgehead atoms. The average Bonchev–Trinajstić information content (AvgIpc) is 2.51. The second kappa shape index (κ2) is 5.27. The molecule has 0 aliphatic heterocycles. The summed E-state index contributed by atoms with van der Waals surface area (Å²) in [5.41, 5.74) is 0.448. The van der Waals surface area contributed by atoms with Gasteiger partial charge < -0.3 is 19.4 Å². The molecule has 0 aliphatic carbocycles. The van der Waals surface area contributed by atoms with Gasteiger partial charge in [0.25, 0.3) is 0 Å². The molecule has 1 heterocycles. The highest BCUT2D eigenvalue weighted by Crippen LogP contribution is 2.38. The lowest BCUT2D eigenvalue weighted by Gasteiger charge is -2.09. The summed E-state index contributed by atoms with van der Waals surface area (Å²) < 4.78 is 10.4. The lowest BCUT2D eigenvalue weighted by molar-refractivity contribution is 0.408. The second-order valence-electron chi connectivity index (χ2n) is 4.64. The normalized spacial score (nSPS) is 10.8. The van der Waals surface area contributed by atoms with Crippen molar-refractivity contribution >= 4 is 22.6 Å². The van der Waals surface area contributed by atoms with Gasteiger partial charge in [-0.2, -0.15) is 0 Å². The Morgan fingerprint density at radius 3 is 2.50 bits per heavy atom. The standard InChI is InChI=1S/C16H11ClO5/c1-21-12-6-11(19)13-15(20)10(7-22-16(13)14(12)17)8-2-4-9(18)5-3-8/h2-7,18-19H,1H3. The summed E-state index contributed by atoms with van der Waals surface area (Å²) >= 11 is 6.10. The van der Waals surface area contributed by atoms with Gasteiger partial charge in [0.2, 0.25) is 5.43 Å². The van der Waals surface area contributed by atoms with Crippen LogP contribution in [0.3, 0.4) is 0 Å². The minimum absolute atomic E-state index is 0.0172. The van der Waals surface area contributed by atoms with Crippen LogP contribution in [0.4, 0.5) is 0 Å². The molecule has 3 aromatic rings. The Balaban J connectivity index is 2.33. The third-order valence-corrected chi connectivity index (χ3v) is 3.69. The summed E-state index contributed by atoms with van der Waals surface area (Å²) in [5, 5.41) is 19.5. The fourth-order valence-corrected chi connectivity index (χ4v) is 2.49. The van der Waals surface area contributed by atoms with E-state index in [1.807, 2.05) is 0 Å². The van der Waals surface area contributed by atoms with Gasteiger partial charge in [-0.1, -0.05) is 23.7 Å². The van der Waals surface area contributed by atoms with Crippen molar-refractivity contribution in [1.29, 1.82) is 0 Å². The molecule has 1 aromatic heterocycles. The number of hydrogen-bond acceptors (Lipinski definition) is 5. The average molecular weight is 319 g/mol. The first-order valence-electron chi connectivity index (χ1n) is 6.33. The molecule has 5 nitrogen and oxygen atoms in total. The Labute approximate surface area is 130 Å². The van der Waals surface area contributed by atoms with E-state index in [1.54, 1.807) is 12.1 Å². The van der Waals surface area contributed by atoms with Gasteiger partial charge in [-0.25, -0.2) is 0 Å². The molecule has 0 radical (unpaired) electrons. The molecule has 3 rings (SSSR count). The van der Waals surface area contributed by atoms with E-state index in [-0.39, 0.29) is 38.8 Å². The second-order valence-corrected chi connectivity index (χ2v) is 5.02. The Kier molecular flexibility index (Phi) is 3.42. The van der Waals surface area contributed by atoms with Gasteiger partial charge in [0.05, 0.1) is 12.7 Å². The number of rotatable bonds is 2. The fraction of sp³-hybridized carbons (Fsp3) is 0.0625. The molecule has 0 spiro atoms. The zero-order valence-electron chi connectivity index (χ0n) is 11.5. The van der Waals surface area contributed by atoms with Gasteiger partial charge in [-0.3, -0.25) is 4.79 Å². The van der Waals surface area contributed by atoms with E-state index in [9.17, 15) is 15.0 Å². The minimum Gasteiger partial charge on any atom is -0.508 e. The lowest BCUT2D eigenvalue weighted by atomic mass is 10.0. The SMILES string of the molecule is COc1cc(O)c2c(=O)c(-c3ccc(O)cc3)coc2c1Cl. The van der Waals surface area contributed by atoms with Gasteiger partial charge in [-0.15, -0.1) is 0 Å². The van der Waals surface area contributed by atoms with Crippen LogP contribution in [0.2, 0.25) is 5.02 Å². The van der Waals surface area contributed by atoms with Crippen molar-refractivity contribution in [2.75, 3.05) is 7.11 Å². The van der Waals surface area contributed by atoms with Crippen molar-refractivity contribution < 1.29 is 19.4 Å². The maximum absolute atomic E-state index is 12.6. The molecule has 2 N–H and O–H groups in total. The van der Waals surface area contributed by atoms with Crippen molar-refractivity contribution in [3.63, 3.8) is 0 Å². The molecule has 0 saturated carbocycles. The molecule has 0 unspecified atom stereocenters. The summed E-state index contributed by atoms with van der Waals surface area (Å²) in [7, 11) is 1.40. The van der Waals surface area contributed by atoms with E-state index in [0.29, 0.717) is 5.56 Å². The highest BCUT2D eigenvalue weighted by atomic mass is 35.5. The fourth-order valence-electron chi connectivity index (χ4n) is 2.22. The van der Waals surface area contributed by atoms with E-state index in [0.717, 1.165) is 0 Å². The van der Waals surface area contributed by atoms with Crippen LogP contribution < -0.4 is 10.2 Å². The van der Waals surface area contributed by atoms with Gasteiger partial charge in [0.15, 0.2) is 5.58 Å². The topological polar surface area (TPSA) is 79.9 Å². The number of benzene rings is 2. The highest BCUT2D eigenvalue weighted by Gasteiger charge is 2.18. The van der Waals surface area contributed by atoms with E-state index in [1.165, 1.54) is 31.6 Å². The third-order valence-electron chi connectivity index (χ3n) is 3.33. The lowest BCUT2D eigenvalue weighted by Crippen LogP contribution is -2.05. The molecule has 0 amide bonds. The number of ether oxygens (including phenoxy) is 1.